The van der Waals surface area contributed by atoms with Gasteiger partial charge in [-0.3, -0.25) is 0 Å². The summed E-state index contributed by atoms with van der Waals surface area (Å²) >= 11 is 12.9. The fourth-order valence-corrected chi connectivity index (χ4v) is 4.13. The highest BCUT2D eigenvalue weighted by Crippen LogP contribution is 2.42. The first-order valence-electron chi connectivity index (χ1n) is 7.35. The summed E-state index contributed by atoms with van der Waals surface area (Å²) in [6.45, 7) is 10.5. The third kappa shape index (κ3) is 5.91. The number of hydrogen-bond acceptors (Lipinski definition) is 2. The van der Waals surface area contributed by atoms with Crippen LogP contribution in [-0.4, -0.2) is 25.0 Å². The SMILES string of the molecule is CCOC(CCc1ccccc1)(O[Si](C)(C)C)C(C)(Cl)Cl. The number of aryl methyl sites for hydroxylation is 1. The van der Waals surface area contributed by atoms with Crippen molar-refractivity contribution in [1.82, 2.24) is 0 Å². The maximum atomic E-state index is 6.44. The van der Waals surface area contributed by atoms with E-state index in [-0.39, 0.29) is 0 Å². The summed E-state index contributed by atoms with van der Waals surface area (Å²) in [5, 5.41) is 0. The Morgan fingerprint density at radius 3 is 2.10 bits per heavy atom. The first-order valence-corrected chi connectivity index (χ1v) is 11.5. The fraction of sp³-hybridized carbons (Fsp3) is 0.625. The van der Waals surface area contributed by atoms with E-state index in [2.05, 4.69) is 31.8 Å². The molecule has 0 heterocycles. The molecule has 1 atom stereocenters. The van der Waals surface area contributed by atoms with E-state index in [0.29, 0.717) is 13.0 Å². The topological polar surface area (TPSA) is 18.5 Å². The Labute approximate surface area is 139 Å². The molecule has 0 amide bonds. The van der Waals surface area contributed by atoms with Crippen molar-refractivity contribution in [1.29, 1.82) is 0 Å². The Kier molecular flexibility index (Phi) is 6.75. The van der Waals surface area contributed by atoms with Crippen molar-refractivity contribution in [2.45, 2.75) is 56.5 Å². The minimum absolute atomic E-state index is 0.508. The Morgan fingerprint density at radius 2 is 1.67 bits per heavy atom. The number of benzene rings is 1. The van der Waals surface area contributed by atoms with Gasteiger partial charge in [-0.25, -0.2) is 0 Å². The Morgan fingerprint density at radius 1 is 1.10 bits per heavy atom. The number of halogens is 2. The average Bonchev–Trinajstić information content (AvgIpc) is 2.34. The van der Waals surface area contributed by atoms with Crippen molar-refractivity contribution in [3.05, 3.63) is 35.9 Å². The molecule has 1 unspecified atom stereocenters. The summed E-state index contributed by atoms with van der Waals surface area (Å²) in [7, 11) is -1.87. The molecule has 120 valence electrons. The molecule has 1 aromatic rings. The molecule has 0 spiro atoms. The lowest BCUT2D eigenvalue weighted by atomic mass is 10.0. The van der Waals surface area contributed by atoms with Gasteiger partial charge >= 0.3 is 0 Å². The number of ether oxygens (including phenoxy) is 1. The molecule has 1 aromatic carbocycles. The molecule has 0 N–H and O–H groups in total. The van der Waals surface area contributed by atoms with Crippen LogP contribution in [0.15, 0.2) is 30.3 Å². The van der Waals surface area contributed by atoms with Crippen molar-refractivity contribution in [2.75, 3.05) is 6.61 Å². The highest BCUT2D eigenvalue weighted by atomic mass is 35.5. The lowest BCUT2D eigenvalue weighted by molar-refractivity contribution is -0.197. The second kappa shape index (κ2) is 7.47. The van der Waals surface area contributed by atoms with Gasteiger partial charge in [-0.2, -0.15) is 0 Å². The molecule has 5 heteroatoms. The summed E-state index contributed by atoms with van der Waals surface area (Å²) in [6, 6.07) is 10.2. The lowest BCUT2D eigenvalue weighted by Gasteiger charge is -2.44. The summed E-state index contributed by atoms with van der Waals surface area (Å²) < 4.78 is 11.1. The van der Waals surface area contributed by atoms with Gasteiger partial charge < -0.3 is 9.16 Å². The molecule has 0 aliphatic heterocycles. The molecule has 0 radical (unpaired) electrons. The molecule has 0 fully saturated rings. The van der Waals surface area contributed by atoms with Crippen LogP contribution in [0.3, 0.4) is 0 Å². The summed E-state index contributed by atoms with van der Waals surface area (Å²) in [5.41, 5.74) is 1.22. The van der Waals surface area contributed by atoms with Crippen molar-refractivity contribution < 1.29 is 9.16 Å². The highest BCUT2D eigenvalue weighted by Gasteiger charge is 2.50. The van der Waals surface area contributed by atoms with Gasteiger partial charge in [-0.1, -0.05) is 53.5 Å². The van der Waals surface area contributed by atoms with Gasteiger partial charge in [0.05, 0.1) is 0 Å². The van der Waals surface area contributed by atoms with Gasteiger partial charge in [0.1, 0.15) is 0 Å². The van der Waals surface area contributed by atoms with Gasteiger partial charge in [-0.05, 0) is 45.5 Å². The minimum atomic E-state index is -1.87. The van der Waals surface area contributed by atoms with E-state index in [1.165, 1.54) is 5.56 Å². The van der Waals surface area contributed by atoms with Crippen LogP contribution in [0.1, 0.15) is 25.8 Å². The second-order valence-corrected chi connectivity index (χ2v) is 12.4. The van der Waals surface area contributed by atoms with Crippen LogP contribution in [0, 0.1) is 0 Å². The number of alkyl halides is 2. The first-order chi connectivity index (χ1) is 9.60. The van der Waals surface area contributed by atoms with Gasteiger partial charge in [0.25, 0.3) is 0 Å². The molecule has 2 nitrogen and oxygen atoms in total. The molecule has 0 aliphatic carbocycles. The number of rotatable bonds is 8. The predicted molar refractivity (Wildman–Crippen MR) is 93.7 cm³/mol. The van der Waals surface area contributed by atoms with E-state index in [4.69, 9.17) is 32.4 Å². The van der Waals surface area contributed by atoms with Gasteiger partial charge in [-0.15, -0.1) is 0 Å². The average molecular weight is 349 g/mol. The maximum absolute atomic E-state index is 6.44. The molecular weight excluding hydrogens is 323 g/mol. The molecule has 0 saturated carbocycles. The summed E-state index contributed by atoms with van der Waals surface area (Å²) in [5.74, 6) is -0.981. The highest BCUT2D eigenvalue weighted by molar-refractivity contribution is 6.70. The third-order valence-corrected chi connectivity index (χ3v) is 4.62. The smallest absolute Gasteiger partial charge is 0.192 e. The molecule has 0 bridgehead atoms. The van der Waals surface area contributed by atoms with Gasteiger partial charge in [0.2, 0.25) is 0 Å². The summed E-state index contributed by atoms with van der Waals surface area (Å²) in [6.07, 6.45) is 1.43. The third-order valence-electron chi connectivity index (χ3n) is 3.10. The second-order valence-electron chi connectivity index (χ2n) is 6.27. The molecule has 1 rings (SSSR count). The molecule has 0 saturated heterocycles. The minimum Gasteiger partial charge on any atom is -0.389 e. The van der Waals surface area contributed by atoms with E-state index >= 15 is 0 Å². The van der Waals surface area contributed by atoms with E-state index in [1.807, 2.05) is 25.1 Å². The molecule has 21 heavy (non-hydrogen) atoms. The zero-order chi connectivity index (χ0) is 16.1. The van der Waals surface area contributed by atoms with E-state index in [0.717, 1.165) is 6.42 Å². The van der Waals surface area contributed by atoms with Crippen LogP contribution in [0.25, 0.3) is 0 Å². The van der Waals surface area contributed by atoms with Crippen molar-refractivity contribution >= 4 is 31.5 Å². The largest absolute Gasteiger partial charge is 0.389 e. The predicted octanol–water partition coefficient (Wildman–Crippen LogP) is 5.40. The van der Waals surface area contributed by atoms with Crippen molar-refractivity contribution in [3.63, 3.8) is 0 Å². The monoisotopic (exact) mass is 348 g/mol. The fourth-order valence-electron chi connectivity index (χ4n) is 2.27. The zero-order valence-electron chi connectivity index (χ0n) is 13.6. The van der Waals surface area contributed by atoms with E-state index < -0.39 is 18.4 Å². The van der Waals surface area contributed by atoms with E-state index in [9.17, 15) is 0 Å². The molecule has 0 aliphatic rings. The maximum Gasteiger partial charge on any atom is 0.192 e. The molecular formula is C16H26Cl2O2Si. The first kappa shape index (κ1) is 19.0. The summed E-state index contributed by atoms with van der Waals surface area (Å²) in [4.78, 5) is 0. The lowest BCUT2D eigenvalue weighted by Crippen LogP contribution is -2.55. The van der Waals surface area contributed by atoms with Crippen LogP contribution < -0.4 is 0 Å². The van der Waals surface area contributed by atoms with Crippen LogP contribution in [0.2, 0.25) is 19.6 Å². The van der Waals surface area contributed by atoms with E-state index in [1.54, 1.807) is 6.92 Å². The van der Waals surface area contributed by atoms with Crippen molar-refractivity contribution in [2.24, 2.45) is 0 Å². The quantitative estimate of drug-likeness (QED) is 0.355. The zero-order valence-corrected chi connectivity index (χ0v) is 16.1. The molecule has 0 aromatic heterocycles. The Balaban J connectivity index is 2.99. The number of hydrogen-bond donors (Lipinski definition) is 0. The van der Waals surface area contributed by atoms with Crippen molar-refractivity contribution in [3.8, 4) is 0 Å². The Bertz CT molecular complexity index is 426. The standard InChI is InChI=1S/C16H26Cl2O2Si/c1-6-19-16(15(2,17)18,20-21(3,4)5)13-12-14-10-8-7-9-11-14/h7-11H,6,12-13H2,1-5H3. The van der Waals surface area contributed by atoms with Crippen LogP contribution in [-0.2, 0) is 15.6 Å². The normalized spacial score (nSPS) is 15.8. The Hall–Kier alpha value is -0.0631. The van der Waals surface area contributed by atoms with Gasteiger partial charge in [0.15, 0.2) is 18.4 Å². The van der Waals surface area contributed by atoms with Crippen LogP contribution >= 0.6 is 23.2 Å². The van der Waals surface area contributed by atoms with Gasteiger partial charge in [0, 0.05) is 13.0 Å². The van der Waals surface area contributed by atoms with Crippen LogP contribution in [0.5, 0.6) is 0 Å². The van der Waals surface area contributed by atoms with Crippen LogP contribution in [0.4, 0.5) is 0 Å².